The summed E-state index contributed by atoms with van der Waals surface area (Å²) in [7, 11) is 0. The summed E-state index contributed by atoms with van der Waals surface area (Å²) in [5.74, 6) is -1.83. The van der Waals surface area contributed by atoms with E-state index in [9.17, 15) is 13.6 Å². The molecular formula is C23H21F2N3O2. The Labute approximate surface area is 173 Å². The maximum atomic E-state index is 13.8. The van der Waals surface area contributed by atoms with E-state index < -0.39 is 23.1 Å². The van der Waals surface area contributed by atoms with E-state index in [4.69, 9.17) is 4.74 Å². The maximum absolute atomic E-state index is 13.8. The average molecular weight is 409 g/mol. The van der Waals surface area contributed by atoms with E-state index in [2.05, 4.69) is 29.1 Å². The van der Waals surface area contributed by atoms with Gasteiger partial charge < -0.3 is 10.1 Å². The van der Waals surface area contributed by atoms with Crippen LogP contribution >= 0.6 is 0 Å². The largest absolute Gasteiger partial charge is 0.487 e. The zero-order valence-corrected chi connectivity index (χ0v) is 16.9. The van der Waals surface area contributed by atoms with Crippen LogP contribution in [-0.4, -0.2) is 21.5 Å². The van der Waals surface area contributed by atoms with Crippen LogP contribution in [-0.2, 0) is 6.42 Å². The fourth-order valence-electron chi connectivity index (χ4n) is 3.55. The molecule has 4 rings (SSSR count). The second kappa shape index (κ2) is 7.48. The molecule has 0 aliphatic carbocycles. The van der Waals surface area contributed by atoms with Crippen LogP contribution in [0.1, 0.15) is 41.8 Å². The number of ether oxygens (including phenoxy) is 1. The third kappa shape index (κ3) is 3.75. The molecule has 1 amide bonds. The minimum Gasteiger partial charge on any atom is -0.487 e. The van der Waals surface area contributed by atoms with E-state index >= 15 is 0 Å². The van der Waals surface area contributed by atoms with Gasteiger partial charge >= 0.3 is 0 Å². The van der Waals surface area contributed by atoms with Crippen molar-refractivity contribution in [3.63, 3.8) is 0 Å². The highest BCUT2D eigenvalue weighted by Gasteiger charge is 2.28. The SMILES string of the molecule is Cc1c(-c2cnc(NC(=O)c3c(F)cccc3F)cn2)ccc2c1OC(C)(C)CC2. The molecule has 154 valence electrons. The molecule has 5 nitrogen and oxygen atoms in total. The number of anilines is 1. The second-order valence-corrected chi connectivity index (χ2v) is 7.93. The van der Waals surface area contributed by atoms with Crippen molar-refractivity contribution in [2.75, 3.05) is 5.32 Å². The molecule has 1 N–H and O–H groups in total. The molecule has 3 aromatic rings. The number of carbonyl (C=O) groups is 1. The molecule has 0 fully saturated rings. The lowest BCUT2D eigenvalue weighted by molar-refractivity contribution is 0.0838. The second-order valence-electron chi connectivity index (χ2n) is 7.93. The van der Waals surface area contributed by atoms with Gasteiger partial charge in [0.05, 0.1) is 18.1 Å². The summed E-state index contributed by atoms with van der Waals surface area (Å²) < 4.78 is 33.7. The lowest BCUT2D eigenvalue weighted by Crippen LogP contribution is -2.33. The standard InChI is InChI=1S/C23H21F2N3O2/c1-13-15(8-7-14-9-10-23(2,3)30-21(13)14)18-11-27-19(12-26-18)28-22(29)20-16(24)5-4-6-17(20)25/h4-8,11-12H,9-10H2,1-3H3,(H,27,28,29). The monoisotopic (exact) mass is 409 g/mol. The molecule has 30 heavy (non-hydrogen) atoms. The number of nitrogens with zero attached hydrogens (tertiary/aromatic N) is 2. The number of rotatable bonds is 3. The Morgan fingerprint density at radius 3 is 2.50 bits per heavy atom. The summed E-state index contributed by atoms with van der Waals surface area (Å²) in [5.41, 5.74) is 2.74. The Balaban J connectivity index is 1.58. The van der Waals surface area contributed by atoms with Crippen molar-refractivity contribution in [2.24, 2.45) is 0 Å². The fourth-order valence-corrected chi connectivity index (χ4v) is 3.55. The zero-order chi connectivity index (χ0) is 21.5. The molecule has 7 heteroatoms. The molecule has 1 aromatic heterocycles. The molecule has 0 atom stereocenters. The number of halogens is 2. The normalized spacial score (nSPS) is 14.6. The molecular weight excluding hydrogens is 388 g/mol. The first-order valence-corrected chi connectivity index (χ1v) is 9.64. The van der Waals surface area contributed by atoms with Crippen LogP contribution in [0.15, 0.2) is 42.7 Å². The van der Waals surface area contributed by atoms with Gasteiger partial charge in [0.25, 0.3) is 5.91 Å². The van der Waals surface area contributed by atoms with Gasteiger partial charge in [-0.05, 0) is 51.3 Å². The first-order valence-electron chi connectivity index (χ1n) is 9.64. The van der Waals surface area contributed by atoms with E-state index in [1.807, 2.05) is 19.1 Å². The molecule has 0 unspecified atom stereocenters. The van der Waals surface area contributed by atoms with Crippen LogP contribution in [0.2, 0.25) is 0 Å². The summed E-state index contributed by atoms with van der Waals surface area (Å²) in [6, 6.07) is 7.25. The van der Waals surface area contributed by atoms with Crippen molar-refractivity contribution in [1.82, 2.24) is 9.97 Å². The van der Waals surface area contributed by atoms with Crippen molar-refractivity contribution < 1.29 is 18.3 Å². The zero-order valence-electron chi connectivity index (χ0n) is 16.9. The van der Waals surface area contributed by atoms with Gasteiger partial charge in [-0.25, -0.2) is 13.8 Å². The minimum atomic E-state index is -0.940. The molecule has 0 spiro atoms. The number of aryl methyl sites for hydroxylation is 1. The van der Waals surface area contributed by atoms with Crippen molar-refractivity contribution >= 4 is 11.7 Å². The van der Waals surface area contributed by atoms with Crippen LogP contribution < -0.4 is 10.1 Å². The van der Waals surface area contributed by atoms with Crippen LogP contribution in [0.3, 0.4) is 0 Å². The van der Waals surface area contributed by atoms with Crippen molar-refractivity contribution in [1.29, 1.82) is 0 Å². The van der Waals surface area contributed by atoms with Crippen molar-refractivity contribution in [3.05, 3.63) is 71.1 Å². The summed E-state index contributed by atoms with van der Waals surface area (Å²) >= 11 is 0. The number of fused-ring (bicyclic) bond motifs is 1. The molecule has 1 aliphatic heterocycles. The molecule has 1 aliphatic rings. The third-order valence-corrected chi connectivity index (χ3v) is 5.22. The van der Waals surface area contributed by atoms with Gasteiger partial charge in [-0.3, -0.25) is 9.78 Å². The summed E-state index contributed by atoms with van der Waals surface area (Å²) in [6.45, 7) is 6.11. The van der Waals surface area contributed by atoms with Crippen molar-refractivity contribution in [2.45, 2.75) is 39.2 Å². The average Bonchev–Trinajstić information content (AvgIpc) is 2.69. The Kier molecular flexibility index (Phi) is 4.97. The van der Waals surface area contributed by atoms with E-state index in [0.717, 1.165) is 41.9 Å². The van der Waals surface area contributed by atoms with Crippen LogP contribution in [0.4, 0.5) is 14.6 Å². The van der Waals surface area contributed by atoms with Crippen LogP contribution in [0.5, 0.6) is 5.75 Å². The van der Waals surface area contributed by atoms with Crippen molar-refractivity contribution in [3.8, 4) is 17.0 Å². The Hall–Kier alpha value is -3.35. The topological polar surface area (TPSA) is 64.1 Å². The minimum absolute atomic E-state index is 0.0967. The smallest absolute Gasteiger partial charge is 0.262 e. The number of hydrogen-bond acceptors (Lipinski definition) is 4. The molecule has 0 radical (unpaired) electrons. The number of benzene rings is 2. The fraction of sp³-hybridized carbons (Fsp3) is 0.261. The maximum Gasteiger partial charge on any atom is 0.262 e. The lowest BCUT2D eigenvalue weighted by Gasteiger charge is -2.34. The molecule has 0 bridgehead atoms. The van der Waals surface area contributed by atoms with Gasteiger partial charge in [0.1, 0.15) is 28.5 Å². The summed E-state index contributed by atoms with van der Waals surface area (Å²) in [4.78, 5) is 20.8. The van der Waals surface area contributed by atoms with Crippen LogP contribution in [0.25, 0.3) is 11.3 Å². The first-order chi connectivity index (χ1) is 14.2. The summed E-state index contributed by atoms with van der Waals surface area (Å²) in [5, 5.41) is 2.38. The van der Waals surface area contributed by atoms with Gasteiger partial charge in [0.2, 0.25) is 0 Å². The van der Waals surface area contributed by atoms with E-state index in [1.165, 1.54) is 24.0 Å². The molecule has 0 saturated heterocycles. The van der Waals surface area contributed by atoms with E-state index in [-0.39, 0.29) is 11.4 Å². The Morgan fingerprint density at radius 1 is 1.10 bits per heavy atom. The molecule has 0 saturated carbocycles. The number of nitrogens with one attached hydrogen (secondary N) is 1. The number of amides is 1. The third-order valence-electron chi connectivity index (χ3n) is 5.22. The quantitative estimate of drug-likeness (QED) is 0.655. The molecule has 2 aromatic carbocycles. The van der Waals surface area contributed by atoms with E-state index in [1.54, 1.807) is 0 Å². The molecule has 2 heterocycles. The number of carbonyl (C=O) groups excluding carboxylic acids is 1. The highest BCUT2D eigenvalue weighted by molar-refractivity contribution is 6.04. The lowest BCUT2D eigenvalue weighted by atomic mass is 9.91. The van der Waals surface area contributed by atoms with Gasteiger partial charge in [-0.15, -0.1) is 0 Å². The predicted molar refractivity (Wildman–Crippen MR) is 110 cm³/mol. The Morgan fingerprint density at radius 2 is 1.83 bits per heavy atom. The van der Waals surface area contributed by atoms with Crippen LogP contribution in [0, 0.1) is 18.6 Å². The Bertz CT molecular complexity index is 1110. The first kappa shape index (κ1) is 19.9. The predicted octanol–water partition coefficient (Wildman–Crippen LogP) is 5.09. The van der Waals surface area contributed by atoms with Gasteiger partial charge in [0.15, 0.2) is 5.82 Å². The highest BCUT2D eigenvalue weighted by atomic mass is 19.1. The highest BCUT2D eigenvalue weighted by Crippen LogP contribution is 2.39. The van der Waals surface area contributed by atoms with Gasteiger partial charge in [0, 0.05) is 11.1 Å². The number of aromatic nitrogens is 2. The number of hydrogen-bond donors (Lipinski definition) is 1. The van der Waals surface area contributed by atoms with E-state index in [0.29, 0.717) is 5.69 Å². The summed E-state index contributed by atoms with van der Waals surface area (Å²) in [6.07, 6.45) is 4.77. The van der Waals surface area contributed by atoms with Gasteiger partial charge in [-0.2, -0.15) is 0 Å². The van der Waals surface area contributed by atoms with Gasteiger partial charge in [-0.1, -0.05) is 18.2 Å².